The van der Waals surface area contributed by atoms with Crippen molar-refractivity contribution in [2.45, 2.75) is 19.1 Å². The lowest BCUT2D eigenvalue weighted by Crippen LogP contribution is -2.22. The maximum absolute atomic E-state index is 11.6. The molecule has 0 amide bonds. The van der Waals surface area contributed by atoms with E-state index in [9.17, 15) is 8.42 Å². The number of para-hydroxylation sites is 1. The van der Waals surface area contributed by atoms with Crippen LogP contribution in [0.5, 0.6) is 5.75 Å². The molecule has 0 saturated heterocycles. The van der Waals surface area contributed by atoms with E-state index < -0.39 is 15.1 Å². The van der Waals surface area contributed by atoms with Crippen LogP contribution in [-0.2, 0) is 9.84 Å². The highest BCUT2D eigenvalue weighted by molar-refractivity contribution is 7.92. The summed E-state index contributed by atoms with van der Waals surface area (Å²) in [6, 6.07) is 7.05. The van der Waals surface area contributed by atoms with Gasteiger partial charge < -0.3 is 10.5 Å². The Labute approximate surface area is 113 Å². The van der Waals surface area contributed by atoms with Gasteiger partial charge in [-0.15, -0.1) is 0 Å². The molecular weight excluding hydrogens is 270 g/mol. The molecule has 1 aromatic rings. The van der Waals surface area contributed by atoms with Crippen LogP contribution < -0.4 is 10.5 Å². The van der Waals surface area contributed by atoms with Crippen molar-refractivity contribution in [3.8, 4) is 5.75 Å². The summed E-state index contributed by atoms with van der Waals surface area (Å²) in [4.78, 5) is 0.234. The number of nitrogens with two attached hydrogens (primary N) is 1. The average molecular weight is 287 g/mol. The fourth-order valence-corrected chi connectivity index (χ4v) is 2.26. The fourth-order valence-electron chi connectivity index (χ4n) is 1.30. The lowest BCUT2D eigenvalue weighted by Gasteiger charge is -2.11. The van der Waals surface area contributed by atoms with Crippen molar-refractivity contribution in [3.63, 3.8) is 0 Å². The highest BCUT2D eigenvalue weighted by Gasteiger charge is 2.16. The van der Waals surface area contributed by atoms with Gasteiger partial charge in [0, 0.05) is 0 Å². The molecule has 0 saturated carbocycles. The van der Waals surface area contributed by atoms with Crippen LogP contribution in [0.2, 0.25) is 0 Å². The zero-order valence-corrected chi connectivity index (χ0v) is 12.1. The van der Waals surface area contributed by atoms with E-state index >= 15 is 0 Å². The minimum atomic E-state index is -3.09. The molecule has 0 atom stereocenters. The lowest BCUT2D eigenvalue weighted by molar-refractivity contribution is 0.340. The molecule has 0 aromatic heterocycles. The molecule has 0 fully saturated rings. The fraction of sp³-hybridized carbons (Fsp3) is 0.417. The largest absolute Gasteiger partial charge is 0.492 e. The summed E-state index contributed by atoms with van der Waals surface area (Å²) < 4.78 is 28.7. The molecule has 0 bridgehead atoms. The second kappa shape index (κ2) is 6.15. The van der Waals surface area contributed by atoms with E-state index in [2.05, 4.69) is 0 Å². The van der Waals surface area contributed by atoms with Crippen molar-refractivity contribution in [2.24, 2.45) is 5.73 Å². The number of hydrogen-bond acceptors (Lipinski definition) is 4. The van der Waals surface area contributed by atoms with Crippen molar-refractivity contribution >= 4 is 27.0 Å². The third-order valence-corrected chi connectivity index (χ3v) is 4.89. The van der Waals surface area contributed by atoms with Crippen LogP contribution in [0.3, 0.4) is 0 Å². The second-order valence-corrected chi connectivity index (χ2v) is 7.24. The van der Waals surface area contributed by atoms with E-state index in [0.717, 1.165) is 0 Å². The molecule has 0 unspecified atom stereocenters. The van der Waals surface area contributed by atoms with Gasteiger partial charge in [-0.3, -0.25) is 0 Å². The molecule has 100 valence electrons. The third kappa shape index (κ3) is 3.96. The zero-order valence-electron chi connectivity index (χ0n) is 10.4. The standard InChI is InChI=1S/C12H17NO3S2/c1-9(2)18(14,15)8-7-16-11-6-4-3-5-10(11)12(13)17/h3-6,9H,7-8H2,1-2H3,(H2,13,17). The predicted octanol–water partition coefficient (Wildman–Crippen LogP) is 1.52. The lowest BCUT2D eigenvalue weighted by atomic mass is 10.2. The third-order valence-electron chi connectivity index (χ3n) is 2.50. The van der Waals surface area contributed by atoms with Gasteiger partial charge in [-0.05, 0) is 26.0 Å². The molecule has 0 aliphatic rings. The summed E-state index contributed by atoms with van der Waals surface area (Å²) in [5, 5.41) is -0.396. The molecule has 6 heteroatoms. The van der Waals surface area contributed by atoms with Crippen LogP contribution in [0, 0.1) is 0 Å². The van der Waals surface area contributed by atoms with Crippen LogP contribution in [0.15, 0.2) is 24.3 Å². The normalized spacial score (nSPS) is 11.5. The Balaban J connectivity index is 2.68. The number of ether oxygens (including phenoxy) is 1. The van der Waals surface area contributed by atoms with Gasteiger partial charge in [0.05, 0.1) is 16.6 Å². The summed E-state index contributed by atoms with van der Waals surface area (Å²) in [6.45, 7) is 3.40. The summed E-state index contributed by atoms with van der Waals surface area (Å²) in [5.41, 5.74) is 6.17. The smallest absolute Gasteiger partial charge is 0.155 e. The van der Waals surface area contributed by atoms with Gasteiger partial charge in [-0.25, -0.2) is 8.42 Å². The Kier molecular flexibility index (Phi) is 5.10. The number of rotatable bonds is 6. The average Bonchev–Trinajstić information content (AvgIpc) is 2.29. The Morgan fingerprint density at radius 1 is 1.39 bits per heavy atom. The van der Waals surface area contributed by atoms with Crippen LogP contribution in [0.4, 0.5) is 0 Å². The molecule has 18 heavy (non-hydrogen) atoms. The van der Waals surface area contributed by atoms with Gasteiger partial charge in [0.2, 0.25) is 0 Å². The van der Waals surface area contributed by atoms with E-state index in [0.29, 0.717) is 11.3 Å². The minimum Gasteiger partial charge on any atom is -0.492 e. The Morgan fingerprint density at radius 2 is 2.00 bits per heavy atom. The van der Waals surface area contributed by atoms with E-state index in [-0.39, 0.29) is 17.3 Å². The van der Waals surface area contributed by atoms with Gasteiger partial charge >= 0.3 is 0 Å². The highest BCUT2D eigenvalue weighted by Crippen LogP contribution is 2.17. The molecule has 4 nitrogen and oxygen atoms in total. The SMILES string of the molecule is CC(C)S(=O)(=O)CCOc1ccccc1C(N)=S. The number of thiocarbonyl (C=S) groups is 1. The maximum atomic E-state index is 11.6. The first kappa shape index (κ1) is 14.9. The quantitative estimate of drug-likeness (QED) is 0.803. The maximum Gasteiger partial charge on any atom is 0.155 e. The van der Waals surface area contributed by atoms with Gasteiger partial charge in [0.15, 0.2) is 9.84 Å². The first-order valence-corrected chi connectivity index (χ1v) is 7.70. The summed E-state index contributed by atoms with van der Waals surface area (Å²) in [7, 11) is -3.09. The van der Waals surface area contributed by atoms with Gasteiger partial charge in [0.1, 0.15) is 17.3 Å². The zero-order chi connectivity index (χ0) is 13.8. The summed E-state index contributed by atoms with van der Waals surface area (Å²) in [6.07, 6.45) is 0. The predicted molar refractivity (Wildman–Crippen MR) is 76.7 cm³/mol. The van der Waals surface area contributed by atoms with E-state index in [1.807, 2.05) is 0 Å². The van der Waals surface area contributed by atoms with Crippen LogP contribution in [-0.4, -0.2) is 31.0 Å². The topological polar surface area (TPSA) is 69.4 Å². The monoisotopic (exact) mass is 287 g/mol. The molecule has 2 N–H and O–H groups in total. The summed E-state index contributed by atoms with van der Waals surface area (Å²) in [5.74, 6) is 0.500. The highest BCUT2D eigenvalue weighted by atomic mass is 32.2. The Hall–Kier alpha value is -1.14. The number of benzene rings is 1. The van der Waals surface area contributed by atoms with Gasteiger partial charge in [0.25, 0.3) is 0 Å². The molecule has 0 radical (unpaired) electrons. The van der Waals surface area contributed by atoms with Crippen molar-refractivity contribution < 1.29 is 13.2 Å². The van der Waals surface area contributed by atoms with E-state index in [1.165, 1.54) is 0 Å². The number of sulfone groups is 1. The van der Waals surface area contributed by atoms with Gasteiger partial charge in [-0.1, -0.05) is 24.4 Å². The molecule has 0 spiro atoms. The van der Waals surface area contributed by atoms with Gasteiger partial charge in [-0.2, -0.15) is 0 Å². The molecular formula is C12H17NO3S2. The first-order chi connectivity index (χ1) is 8.34. The van der Waals surface area contributed by atoms with Crippen molar-refractivity contribution in [2.75, 3.05) is 12.4 Å². The molecule has 1 aromatic carbocycles. The molecule has 1 rings (SSSR count). The number of hydrogen-bond donors (Lipinski definition) is 1. The minimum absolute atomic E-state index is 0.0175. The summed E-state index contributed by atoms with van der Waals surface area (Å²) >= 11 is 4.89. The van der Waals surface area contributed by atoms with Crippen molar-refractivity contribution in [1.29, 1.82) is 0 Å². The first-order valence-electron chi connectivity index (χ1n) is 5.58. The molecule has 0 aliphatic heterocycles. The van der Waals surface area contributed by atoms with Crippen LogP contribution >= 0.6 is 12.2 Å². The Bertz CT molecular complexity index is 524. The van der Waals surface area contributed by atoms with Crippen LogP contribution in [0.25, 0.3) is 0 Å². The second-order valence-electron chi connectivity index (χ2n) is 4.12. The molecule has 0 aliphatic carbocycles. The van der Waals surface area contributed by atoms with E-state index in [4.69, 9.17) is 22.7 Å². The molecule has 0 heterocycles. The Morgan fingerprint density at radius 3 is 2.56 bits per heavy atom. The van der Waals surface area contributed by atoms with Crippen molar-refractivity contribution in [3.05, 3.63) is 29.8 Å². The van der Waals surface area contributed by atoms with Crippen LogP contribution in [0.1, 0.15) is 19.4 Å². The van der Waals surface area contributed by atoms with Crippen molar-refractivity contribution in [1.82, 2.24) is 0 Å². The van der Waals surface area contributed by atoms with E-state index in [1.54, 1.807) is 38.1 Å².